The molecular formula is C19H21ClFN5. The minimum absolute atomic E-state index is 0. The fraction of sp³-hybridized carbons (Fsp3) is 0.263. The lowest BCUT2D eigenvalue weighted by Crippen LogP contribution is -2.45. The summed E-state index contributed by atoms with van der Waals surface area (Å²) >= 11 is 0. The Morgan fingerprint density at radius 2 is 1.96 bits per heavy atom. The first-order chi connectivity index (χ1) is 12.3. The van der Waals surface area contributed by atoms with Gasteiger partial charge in [-0.05, 0) is 29.8 Å². The molecule has 1 N–H and O–H groups in total. The van der Waals surface area contributed by atoms with Crippen molar-refractivity contribution in [1.82, 2.24) is 25.2 Å². The number of nitrogens with one attached hydrogen (secondary N) is 1. The number of aromatic nitrogens is 3. The average molecular weight is 374 g/mol. The van der Waals surface area contributed by atoms with Crippen molar-refractivity contribution in [2.45, 2.75) is 12.6 Å². The SMILES string of the molecule is Cl.Fc1cccc(C2CNCCN2Cc2cnn(-c3ccccc3)n2)c1. The Labute approximate surface area is 158 Å². The molecule has 2 heterocycles. The summed E-state index contributed by atoms with van der Waals surface area (Å²) in [6, 6.07) is 16.8. The number of para-hydroxylation sites is 1. The molecule has 26 heavy (non-hydrogen) atoms. The van der Waals surface area contributed by atoms with Crippen LogP contribution in [0.2, 0.25) is 0 Å². The van der Waals surface area contributed by atoms with Gasteiger partial charge in [-0.3, -0.25) is 4.90 Å². The van der Waals surface area contributed by atoms with Crippen molar-refractivity contribution in [3.8, 4) is 5.69 Å². The normalized spacial score (nSPS) is 17.7. The van der Waals surface area contributed by atoms with E-state index in [1.54, 1.807) is 23.1 Å². The quantitative estimate of drug-likeness (QED) is 0.763. The summed E-state index contributed by atoms with van der Waals surface area (Å²) in [6.45, 7) is 3.30. The third kappa shape index (κ3) is 4.09. The Morgan fingerprint density at radius 3 is 2.77 bits per heavy atom. The van der Waals surface area contributed by atoms with Gasteiger partial charge in [0.25, 0.3) is 0 Å². The predicted molar refractivity (Wildman–Crippen MR) is 101 cm³/mol. The van der Waals surface area contributed by atoms with E-state index in [9.17, 15) is 4.39 Å². The van der Waals surface area contributed by atoms with Gasteiger partial charge in [-0.2, -0.15) is 15.0 Å². The Bertz CT molecular complexity index is 839. The molecule has 7 heteroatoms. The molecule has 1 fully saturated rings. The van der Waals surface area contributed by atoms with Gasteiger partial charge in [-0.15, -0.1) is 12.4 Å². The highest BCUT2D eigenvalue weighted by Crippen LogP contribution is 2.24. The van der Waals surface area contributed by atoms with Crippen molar-refractivity contribution in [3.05, 3.63) is 77.9 Å². The summed E-state index contributed by atoms with van der Waals surface area (Å²) in [4.78, 5) is 3.97. The summed E-state index contributed by atoms with van der Waals surface area (Å²) in [5.74, 6) is -0.196. The van der Waals surface area contributed by atoms with E-state index < -0.39 is 0 Å². The van der Waals surface area contributed by atoms with E-state index in [1.165, 1.54) is 6.07 Å². The number of hydrogen-bond acceptors (Lipinski definition) is 4. The Balaban J connectivity index is 0.00000196. The number of piperazine rings is 1. The van der Waals surface area contributed by atoms with E-state index in [-0.39, 0.29) is 24.3 Å². The number of hydrogen-bond donors (Lipinski definition) is 1. The highest BCUT2D eigenvalue weighted by Gasteiger charge is 2.25. The lowest BCUT2D eigenvalue weighted by Gasteiger charge is -2.36. The summed E-state index contributed by atoms with van der Waals surface area (Å²) < 4.78 is 13.6. The number of benzene rings is 2. The molecule has 4 rings (SSSR count). The second kappa shape index (κ2) is 8.40. The van der Waals surface area contributed by atoms with E-state index in [0.717, 1.165) is 36.6 Å². The molecule has 1 saturated heterocycles. The van der Waals surface area contributed by atoms with Gasteiger partial charge in [0.05, 0.1) is 17.6 Å². The fourth-order valence-electron chi connectivity index (χ4n) is 3.24. The van der Waals surface area contributed by atoms with Gasteiger partial charge in [-0.1, -0.05) is 30.3 Å². The first kappa shape index (κ1) is 18.5. The van der Waals surface area contributed by atoms with Crippen molar-refractivity contribution in [2.24, 2.45) is 0 Å². The van der Waals surface area contributed by atoms with Crippen molar-refractivity contribution in [1.29, 1.82) is 0 Å². The maximum atomic E-state index is 13.6. The molecule has 1 aromatic heterocycles. The average Bonchev–Trinajstić information content (AvgIpc) is 3.11. The largest absolute Gasteiger partial charge is 0.314 e. The zero-order chi connectivity index (χ0) is 17.1. The van der Waals surface area contributed by atoms with Crippen LogP contribution in [0.1, 0.15) is 17.3 Å². The van der Waals surface area contributed by atoms with E-state index >= 15 is 0 Å². The van der Waals surface area contributed by atoms with Crippen LogP contribution < -0.4 is 5.32 Å². The van der Waals surface area contributed by atoms with E-state index in [2.05, 4.69) is 20.4 Å². The minimum atomic E-state index is -0.196. The van der Waals surface area contributed by atoms with Gasteiger partial charge in [0.1, 0.15) is 5.82 Å². The molecule has 0 saturated carbocycles. The molecule has 0 spiro atoms. The zero-order valence-electron chi connectivity index (χ0n) is 14.3. The molecular weight excluding hydrogens is 353 g/mol. The van der Waals surface area contributed by atoms with Crippen molar-refractivity contribution >= 4 is 12.4 Å². The van der Waals surface area contributed by atoms with Crippen LogP contribution in [-0.2, 0) is 6.54 Å². The molecule has 0 aliphatic carbocycles. The zero-order valence-corrected chi connectivity index (χ0v) is 15.1. The van der Waals surface area contributed by atoms with Crippen LogP contribution in [0, 0.1) is 5.82 Å². The van der Waals surface area contributed by atoms with Crippen molar-refractivity contribution in [3.63, 3.8) is 0 Å². The number of rotatable bonds is 4. The number of halogens is 2. The van der Waals surface area contributed by atoms with Gasteiger partial charge in [0.15, 0.2) is 0 Å². The first-order valence-corrected chi connectivity index (χ1v) is 8.46. The van der Waals surface area contributed by atoms with Gasteiger partial charge in [0, 0.05) is 32.2 Å². The lowest BCUT2D eigenvalue weighted by molar-refractivity contribution is 0.151. The maximum Gasteiger partial charge on any atom is 0.123 e. The maximum absolute atomic E-state index is 13.6. The van der Waals surface area contributed by atoms with Crippen LogP contribution in [0.4, 0.5) is 4.39 Å². The van der Waals surface area contributed by atoms with Crippen LogP contribution >= 0.6 is 12.4 Å². The first-order valence-electron chi connectivity index (χ1n) is 8.46. The van der Waals surface area contributed by atoms with E-state index in [1.807, 2.05) is 36.4 Å². The van der Waals surface area contributed by atoms with Crippen LogP contribution in [0.5, 0.6) is 0 Å². The summed E-state index contributed by atoms with van der Waals surface area (Å²) in [5, 5.41) is 12.4. The van der Waals surface area contributed by atoms with Gasteiger partial charge < -0.3 is 5.32 Å². The molecule has 2 aromatic carbocycles. The fourth-order valence-corrected chi connectivity index (χ4v) is 3.24. The van der Waals surface area contributed by atoms with Gasteiger partial charge in [-0.25, -0.2) is 4.39 Å². The predicted octanol–water partition coefficient (Wildman–Crippen LogP) is 2.97. The third-order valence-corrected chi connectivity index (χ3v) is 4.48. The van der Waals surface area contributed by atoms with E-state index in [0.29, 0.717) is 6.54 Å². The Hall–Kier alpha value is -2.28. The molecule has 1 atom stereocenters. The third-order valence-electron chi connectivity index (χ3n) is 4.48. The molecule has 1 aliphatic rings. The standard InChI is InChI=1S/C19H20FN5.ClH/c20-16-6-4-5-15(11-16)19-13-21-9-10-24(19)14-17-12-22-25(23-17)18-7-2-1-3-8-18;/h1-8,11-12,19,21H,9-10,13-14H2;1H. The van der Waals surface area contributed by atoms with Crippen LogP contribution in [0.15, 0.2) is 60.8 Å². The second-order valence-electron chi connectivity index (χ2n) is 6.21. The van der Waals surface area contributed by atoms with Crippen molar-refractivity contribution in [2.75, 3.05) is 19.6 Å². The minimum Gasteiger partial charge on any atom is -0.314 e. The van der Waals surface area contributed by atoms with Crippen LogP contribution in [-0.4, -0.2) is 39.5 Å². The smallest absolute Gasteiger partial charge is 0.123 e. The molecule has 5 nitrogen and oxygen atoms in total. The summed E-state index contributed by atoms with van der Waals surface area (Å²) in [7, 11) is 0. The Kier molecular flexibility index (Phi) is 5.98. The highest BCUT2D eigenvalue weighted by atomic mass is 35.5. The monoisotopic (exact) mass is 373 g/mol. The molecule has 136 valence electrons. The lowest BCUT2D eigenvalue weighted by atomic mass is 10.0. The molecule has 1 unspecified atom stereocenters. The van der Waals surface area contributed by atoms with Gasteiger partial charge in [0.2, 0.25) is 0 Å². The number of nitrogens with zero attached hydrogens (tertiary/aromatic N) is 4. The Morgan fingerprint density at radius 1 is 1.12 bits per heavy atom. The molecule has 0 radical (unpaired) electrons. The summed E-state index contributed by atoms with van der Waals surface area (Å²) in [5.41, 5.74) is 2.84. The summed E-state index contributed by atoms with van der Waals surface area (Å²) in [6.07, 6.45) is 1.80. The van der Waals surface area contributed by atoms with Crippen LogP contribution in [0.3, 0.4) is 0 Å². The molecule has 3 aromatic rings. The topological polar surface area (TPSA) is 46.0 Å². The molecule has 0 bridgehead atoms. The molecule has 0 amide bonds. The second-order valence-corrected chi connectivity index (χ2v) is 6.21. The van der Waals surface area contributed by atoms with Crippen LogP contribution in [0.25, 0.3) is 5.69 Å². The van der Waals surface area contributed by atoms with E-state index in [4.69, 9.17) is 0 Å². The van der Waals surface area contributed by atoms with Crippen molar-refractivity contribution < 1.29 is 4.39 Å². The molecule has 1 aliphatic heterocycles. The van der Waals surface area contributed by atoms with Gasteiger partial charge >= 0.3 is 0 Å². The highest BCUT2D eigenvalue weighted by molar-refractivity contribution is 5.85.